The molecule has 234 valence electrons. The van der Waals surface area contributed by atoms with Gasteiger partial charge < -0.3 is 4.57 Å². The van der Waals surface area contributed by atoms with Gasteiger partial charge in [0, 0.05) is 47.1 Å². The van der Waals surface area contributed by atoms with Gasteiger partial charge in [-0.1, -0.05) is 123 Å². The van der Waals surface area contributed by atoms with E-state index in [4.69, 9.17) is 0 Å². The topological polar surface area (TPSA) is 7.94 Å². The van der Waals surface area contributed by atoms with Crippen molar-refractivity contribution in [2.45, 2.75) is 71.8 Å². The molecule has 0 saturated carbocycles. The van der Waals surface area contributed by atoms with Crippen LogP contribution in [-0.4, -0.2) is 21.4 Å². The molecular formula is C45H45N2+. The Morgan fingerprint density at radius 3 is 2.23 bits per heavy atom. The second-order valence-electron chi connectivity index (χ2n) is 13.4. The molecule has 0 atom stereocenters. The first-order chi connectivity index (χ1) is 23.3. The van der Waals surface area contributed by atoms with Gasteiger partial charge >= 0.3 is 0 Å². The van der Waals surface area contributed by atoms with Gasteiger partial charge in [0.05, 0.1) is 10.9 Å². The smallest absolute Gasteiger partial charge is 0.214 e. The molecule has 8 rings (SSSR count). The Bertz CT molecular complexity index is 2250. The van der Waals surface area contributed by atoms with Crippen LogP contribution in [0.25, 0.3) is 44.1 Å². The first kappa shape index (κ1) is 29.7. The number of aromatic nitrogens is 1. The largest absolute Gasteiger partial charge is 0.340 e. The summed E-state index contributed by atoms with van der Waals surface area (Å²) < 4.78 is 5.21. The van der Waals surface area contributed by atoms with Crippen molar-refractivity contribution in [2.75, 3.05) is 6.54 Å². The molecule has 0 unspecified atom stereocenters. The van der Waals surface area contributed by atoms with Crippen LogP contribution in [0.4, 0.5) is 5.69 Å². The fourth-order valence-electron chi connectivity index (χ4n) is 8.31. The van der Waals surface area contributed by atoms with E-state index in [9.17, 15) is 0 Å². The van der Waals surface area contributed by atoms with Crippen molar-refractivity contribution in [3.05, 3.63) is 137 Å². The molecule has 1 aliphatic heterocycles. The van der Waals surface area contributed by atoms with E-state index in [-0.39, 0.29) is 0 Å². The fraction of sp³-hybridized carbons (Fsp3) is 0.267. The van der Waals surface area contributed by atoms with Crippen LogP contribution in [0.1, 0.15) is 76.3 Å². The van der Waals surface area contributed by atoms with E-state index in [0.717, 1.165) is 38.8 Å². The summed E-state index contributed by atoms with van der Waals surface area (Å²) in [5.41, 5.74) is 11.6. The summed E-state index contributed by atoms with van der Waals surface area (Å²) in [4.78, 5) is 0. The van der Waals surface area contributed by atoms with Crippen molar-refractivity contribution in [1.82, 2.24) is 4.57 Å². The number of allylic oxidation sites excluding steroid dienone is 4. The maximum absolute atomic E-state index is 2.64. The lowest BCUT2D eigenvalue weighted by Gasteiger charge is -2.10. The number of aryl methyl sites for hydroxylation is 1. The van der Waals surface area contributed by atoms with E-state index in [1.54, 1.807) is 5.57 Å². The summed E-state index contributed by atoms with van der Waals surface area (Å²) >= 11 is 0. The predicted octanol–water partition coefficient (Wildman–Crippen LogP) is 11.1. The maximum atomic E-state index is 2.64. The van der Waals surface area contributed by atoms with E-state index in [2.05, 4.69) is 138 Å². The third-order valence-corrected chi connectivity index (χ3v) is 10.6. The lowest BCUT2D eigenvalue weighted by molar-refractivity contribution is -0.438. The number of nitrogens with zero attached hydrogens (tertiary/aromatic N) is 2. The van der Waals surface area contributed by atoms with Gasteiger partial charge in [-0.05, 0) is 71.4 Å². The zero-order valence-corrected chi connectivity index (χ0v) is 27.9. The van der Waals surface area contributed by atoms with Crippen molar-refractivity contribution < 1.29 is 4.58 Å². The summed E-state index contributed by atoms with van der Waals surface area (Å²) in [5.74, 6) is 0. The van der Waals surface area contributed by atoms with Gasteiger partial charge in [0.1, 0.15) is 6.54 Å². The Balaban J connectivity index is 1.21. The molecule has 5 aromatic carbocycles. The number of unbranched alkanes of at least 4 members (excludes halogenated alkanes) is 2. The Kier molecular flexibility index (Phi) is 8.11. The van der Waals surface area contributed by atoms with E-state index < -0.39 is 0 Å². The van der Waals surface area contributed by atoms with E-state index >= 15 is 0 Å². The third-order valence-electron chi connectivity index (χ3n) is 10.6. The van der Waals surface area contributed by atoms with Crippen molar-refractivity contribution >= 4 is 55.5 Å². The van der Waals surface area contributed by atoms with Crippen LogP contribution >= 0.6 is 0 Å². The molecule has 0 amide bonds. The van der Waals surface area contributed by atoms with Crippen LogP contribution < -0.4 is 5.35 Å². The highest BCUT2D eigenvalue weighted by Gasteiger charge is 2.32. The van der Waals surface area contributed by atoms with Gasteiger partial charge in [-0.15, -0.1) is 0 Å². The van der Waals surface area contributed by atoms with Crippen molar-refractivity contribution in [3.8, 4) is 0 Å². The van der Waals surface area contributed by atoms with Gasteiger partial charge in [0.25, 0.3) is 0 Å². The monoisotopic (exact) mass is 613 g/mol. The van der Waals surface area contributed by atoms with Crippen molar-refractivity contribution in [3.63, 3.8) is 0 Å². The Labute approximate surface area is 279 Å². The van der Waals surface area contributed by atoms with Gasteiger partial charge in [-0.3, -0.25) is 0 Å². The quantitative estimate of drug-likeness (QED) is 0.128. The second kappa shape index (κ2) is 12.8. The van der Waals surface area contributed by atoms with Crippen LogP contribution in [0, 0.1) is 0 Å². The third kappa shape index (κ3) is 5.25. The molecule has 2 nitrogen and oxygen atoms in total. The predicted molar refractivity (Wildman–Crippen MR) is 202 cm³/mol. The van der Waals surface area contributed by atoms with E-state index in [1.807, 2.05) is 0 Å². The van der Waals surface area contributed by atoms with Crippen molar-refractivity contribution in [2.24, 2.45) is 0 Å². The average Bonchev–Trinajstić information content (AvgIpc) is 3.76. The molecule has 2 heterocycles. The molecule has 1 aliphatic carbocycles. The zero-order valence-electron chi connectivity index (χ0n) is 27.9. The second-order valence-corrected chi connectivity index (χ2v) is 13.4. The van der Waals surface area contributed by atoms with E-state index in [0.29, 0.717) is 0 Å². The number of hydrogen-bond donors (Lipinski definition) is 0. The minimum Gasteiger partial charge on any atom is -0.340 e. The van der Waals surface area contributed by atoms with Crippen LogP contribution in [0.3, 0.4) is 0 Å². The van der Waals surface area contributed by atoms with Crippen LogP contribution in [0.5, 0.6) is 0 Å². The molecule has 0 fully saturated rings. The summed E-state index contributed by atoms with van der Waals surface area (Å²) in [6.07, 6.45) is 14.1. The van der Waals surface area contributed by atoms with E-state index in [1.165, 1.54) is 97.2 Å². The van der Waals surface area contributed by atoms with Crippen LogP contribution in [-0.2, 0) is 6.54 Å². The Hall–Kier alpha value is -4.69. The molecule has 6 aromatic rings. The Morgan fingerprint density at radius 1 is 0.681 bits per heavy atom. The molecule has 0 radical (unpaired) electrons. The first-order valence-corrected chi connectivity index (χ1v) is 17.9. The minimum atomic E-state index is 1.05. The molecule has 0 spiro atoms. The van der Waals surface area contributed by atoms with Crippen LogP contribution in [0.2, 0.25) is 0 Å². The zero-order chi connectivity index (χ0) is 31.7. The fourth-order valence-corrected chi connectivity index (χ4v) is 8.31. The lowest BCUT2D eigenvalue weighted by atomic mass is 9.94. The standard InChI is InChI=1S/C45H45N2/c1-3-5-30-46-39(37-20-10-16-33-18-12-22-41(46)44(33)37)28-26-35-24-25-36(43(35)32-14-8-7-9-15-32)27-29-40-38-21-11-17-34-19-13-23-42(45(34)38)47(40)31-6-4-2/h7-23,26,28H,3-6,24-25,27,29-31H2,1-2H3/q+1/b35-26+,39-28+. The highest BCUT2D eigenvalue weighted by molar-refractivity contribution is 6.15. The molecule has 1 aromatic heterocycles. The molecule has 0 bridgehead atoms. The lowest BCUT2D eigenvalue weighted by Crippen LogP contribution is -2.16. The average molecular weight is 614 g/mol. The number of hydrogen-bond acceptors (Lipinski definition) is 0. The van der Waals surface area contributed by atoms with Gasteiger partial charge in [-0.25, -0.2) is 0 Å². The molecule has 2 heteroatoms. The molecule has 0 N–H and O–H groups in total. The summed E-state index contributed by atoms with van der Waals surface area (Å²) in [6.45, 7) is 6.73. The molecule has 0 saturated heterocycles. The summed E-state index contributed by atoms with van der Waals surface area (Å²) in [6, 6.07) is 38.4. The van der Waals surface area contributed by atoms with Gasteiger partial charge in [-0.2, -0.15) is 4.58 Å². The SMILES string of the molecule is CCCCn1/c(=C/C=C2\CCC(CCC3=[N+](CCCC)c4cccc5cccc3c45)=C2c2ccccc2)c2cccc3cccc1c32. The first-order valence-electron chi connectivity index (χ1n) is 17.9. The van der Waals surface area contributed by atoms with Gasteiger partial charge in [0.2, 0.25) is 5.69 Å². The summed E-state index contributed by atoms with van der Waals surface area (Å²) in [7, 11) is 0. The maximum Gasteiger partial charge on any atom is 0.214 e. The highest BCUT2D eigenvalue weighted by Crippen LogP contribution is 2.42. The molecular weight excluding hydrogens is 569 g/mol. The minimum absolute atomic E-state index is 1.05. The summed E-state index contributed by atoms with van der Waals surface area (Å²) in [5, 5.41) is 8.25. The normalized spacial score (nSPS) is 16.0. The molecule has 47 heavy (non-hydrogen) atoms. The highest BCUT2D eigenvalue weighted by atomic mass is 15.0. The molecule has 2 aliphatic rings. The van der Waals surface area contributed by atoms with Crippen LogP contribution in [0.15, 0.2) is 120 Å². The van der Waals surface area contributed by atoms with Crippen molar-refractivity contribution in [1.29, 1.82) is 0 Å². The number of benzene rings is 5. The number of rotatable bonds is 11. The Morgan fingerprint density at radius 2 is 1.43 bits per heavy atom. The van der Waals surface area contributed by atoms with Gasteiger partial charge in [0.15, 0.2) is 5.71 Å².